The van der Waals surface area contributed by atoms with Crippen molar-refractivity contribution in [3.63, 3.8) is 0 Å². The molecule has 1 heterocycles. The van der Waals surface area contributed by atoms with Gasteiger partial charge in [0, 0.05) is 17.8 Å². The lowest BCUT2D eigenvalue weighted by Crippen LogP contribution is -2.27. The first kappa shape index (κ1) is 17.4. The van der Waals surface area contributed by atoms with Crippen molar-refractivity contribution in [2.45, 2.75) is 30.7 Å². The van der Waals surface area contributed by atoms with Crippen molar-refractivity contribution in [2.75, 3.05) is 12.4 Å². The van der Waals surface area contributed by atoms with Gasteiger partial charge in [0.05, 0.1) is 17.4 Å². The molecule has 0 saturated carbocycles. The van der Waals surface area contributed by atoms with Crippen LogP contribution >= 0.6 is 0 Å². The minimum absolute atomic E-state index is 0.115. The molecule has 7 heteroatoms. The molecule has 6 nitrogen and oxygen atoms in total. The molecule has 3 rings (SSSR count). The molecule has 2 aromatic carbocycles. The number of carbonyl (C=O) groups excluding carboxylic acids is 1. The summed E-state index contributed by atoms with van der Waals surface area (Å²) in [5.74, 6) is 0.481. The number of ether oxygens (including phenoxy) is 1. The van der Waals surface area contributed by atoms with Gasteiger partial charge in [-0.25, -0.2) is 13.1 Å². The fraction of sp³-hybridized carbons (Fsp3) is 0.278. The second-order valence-electron chi connectivity index (χ2n) is 6.42. The average Bonchev–Trinajstić information content (AvgIpc) is 2.82. The van der Waals surface area contributed by atoms with E-state index in [-0.39, 0.29) is 17.3 Å². The molecular formula is C18H20N2O4S. The highest BCUT2D eigenvalue weighted by atomic mass is 32.2. The Bertz CT molecular complexity index is 936. The normalized spacial score (nSPS) is 15.6. The average molecular weight is 360 g/mol. The van der Waals surface area contributed by atoms with Gasteiger partial charge < -0.3 is 10.1 Å². The molecule has 1 aliphatic heterocycles. The van der Waals surface area contributed by atoms with Gasteiger partial charge in [-0.2, -0.15) is 0 Å². The molecule has 2 N–H and O–H groups in total. The molecule has 0 atom stereocenters. The Morgan fingerprint density at radius 1 is 1.16 bits per heavy atom. The van der Waals surface area contributed by atoms with Crippen LogP contribution in [-0.2, 0) is 26.8 Å². The van der Waals surface area contributed by atoms with Crippen molar-refractivity contribution in [3.8, 4) is 5.75 Å². The molecule has 1 aliphatic rings. The molecule has 0 aromatic heterocycles. The molecule has 0 aliphatic carbocycles. The van der Waals surface area contributed by atoms with Crippen LogP contribution in [-0.4, -0.2) is 21.4 Å². The summed E-state index contributed by atoms with van der Waals surface area (Å²) in [6.45, 7) is 3.66. The lowest BCUT2D eigenvalue weighted by atomic mass is 9.86. The molecule has 132 valence electrons. The molecule has 0 spiro atoms. The molecule has 25 heavy (non-hydrogen) atoms. The van der Waals surface area contributed by atoms with Crippen molar-refractivity contribution in [1.82, 2.24) is 4.72 Å². The van der Waals surface area contributed by atoms with Gasteiger partial charge in [-0.05, 0) is 43.7 Å². The molecule has 1 amide bonds. The standard InChI is InChI=1S/C18H20N2O4S/c1-18(2)14-10-13(8-9-15(14)20-17(18)21)25(22,23)19-11-12-6-4-5-7-16(12)24-3/h4-10,19H,11H2,1-3H3,(H,20,21). The first-order valence-electron chi connectivity index (χ1n) is 7.83. The third kappa shape index (κ3) is 3.12. The predicted octanol–water partition coefficient (Wildman–Crippen LogP) is 2.40. The van der Waals surface area contributed by atoms with Crippen LogP contribution in [0.4, 0.5) is 5.69 Å². The molecule has 0 saturated heterocycles. The van der Waals surface area contributed by atoms with E-state index in [0.717, 1.165) is 5.56 Å². The van der Waals surface area contributed by atoms with Crippen LogP contribution in [0.1, 0.15) is 25.0 Å². The number of hydrogen-bond donors (Lipinski definition) is 2. The molecule has 0 radical (unpaired) electrons. The lowest BCUT2D eigenvalue weighted by Gasteiger charge is -2.16. The number of rotatable bonds is 5. The van der Waals surface area contributed by atoms with Gasteiger partial charge in [0.15, 0.2) is 0 Å². The summed E-state index contributed by atoms with van der Waals surface area (Å²) in [7, 11) is -2.18. The summed E-state index contributed by atoms with van der Waals surface area (Å²) in [6, 6.07) is 11.9. The van der Waals surface area contributed by atoms with E-state index >= 15 is 0 Å². The number of hydrogen-bond acceptors (Lipinski definition) is 4. The maximum atomic E-state index is 12.6. The van der Waals surface area contributed by atoms with Crippen molar-refractivity contribution in [2.24, 2.45) is 0 Å². The second-order valence-corrected chi connectivity index (χ2v) is 8.19. The van der Waals surface area contributed by atoms with Crippen molar-refractivity contribution < 1.29 is 17.9 Å². The number of anilines is 1. The van der Waals surface area contributed by atoms with Gasteiger partial charge in [-0.1, -0.05) is 18.2 Å². The molecule has 0 fully saturated rings. The summed E-state index contributed by atoms with van der Waals surface area (Å²) in [5.41, 5.74) is 1.31. The Morgan fingerprint density at radius 2 is 1.88 bits per heavy atom. The molecule has 0 bridgehead atoms. The van der Waals surface area contributed by atoms with Crippen molar-refractivity contribution >= 4 is 21.6 Å². The quantitative estimate of drug-likeness (QED) is 0.857. The minimum Gasteiger partial charge on any atom is -0.496 e. The number of sulfonamides is 1. The van der Waals surface area contributed by atoms with Crippen LogP contribution < -0.4 is 14.8 Å². The van der Waals surface area contributed by atoms with E-state index in [2.05, 4.69) is 10.0 Å². The Morgan fingerprint density at radius 3 is 2.60 bits per heavy atom. The van der Waals surface area contributed by atoms with Crippen LogP contribution in [0.25, 0.3) is 0 Å². The second kappa shape index (κ2) is 6.16. The van der Waals surface area contributed by atoms with E-state index < -0.39 is 15.4 Å². The van der Waals surface area contributed by atoms with Crippen molar-refractivity contribution in [1.29, 1.82) is 0 Å². The lowest BCUT2D eigenvalue weighted by molar-refractivity contribution is -0.119. The van der Waals surface area contributed by atoms with E-state index in [1.54, 1.807) is 45.2 Å². The zero-order valence-corrected chi connectivity index (χ0v) is 15.1. The molecular weight excluding hydrogens is 340 g/mol. The number of methoxy groups -OCH3 is 1. The highest BCUT2D eigenvalue weighted by Crippen LogP contribution is 2.38. The van der Waals surface area contributed by atoms with Crippen LogP contribution in [0, 0.1) is 0 Å². The van der Waals surface area contributed by atoms with Crippen LogP contribution in [0.3, 0.4) is 0 Å². The Balaban J connectivity index is 1.87. The topological polar surface area (TPSA) is 84.5 Å². The van der Waals surface area contributed by atoms with Gasteiger partial charge in [0.25, 0.3) is 0 Å². The van der Waals surface area contributed by atoms with Gasteiger partial charge in [-0.15, -0.1) is 0 Å². The minimum atomic E-state index is -3.72. The maximum Gasteiger partial charge on any atom is 0.240 e. The summed E-state index contributed by atoms with van der Waals surface area (Å²) in [5, 5.41) is 2.77. The predicted molar refractivity (Wildman–Crippen MR) is 95.1 cm³/mol. The maximum absolute atomic E-state index is 12.6. The number of benzene rings is 2. The number of amides is 1. The van der Waals surface area contributed by atoms with E-state index in [1.807, 2.05) is 12.1 Å². The van der Waals surface area contributed by atoms with E-state index in [9.17, 15) is 13.2 Å². The highest BCUT2D eigenvalue weighted by Gasteiger charge is 2.39. The van der Waals surface area contributed by atoms with Gasteiger partial charge in [0.1, 0.15) is 5.75 Å². The third-order valence-corrected chi connectivity index (χ3v) is 5.83. The van der Waals surface area contributed by atoms with Crippen LogP contribution in [0.5, 0.6) is 5.75 Å². The first-order chi connectivity index (χ1) is 11.8. The van der Waals surface area contributed by atoms with Crippen LogP contribution in [0.15, 0.2) is 47.4 Å². The summed E-state index contributed by atoms with van der Waals surface area (Å²) in [6.07, 6.45) is 0. The zero-order valence-electron chi connectivity index (χ0n) is 14.3. The Hall–Kier alpha value is -2.38. The summed E-state index contributed by atoms with van der Waals surface area (Å²) >= 11 is 0. The number of carbonyl (C=O) groups is 1. The van der Waals surface area contributed by atoms with Crippen molar-refractivity contribution in [3.05, 3.63) is 53.6 Å². The number of fused-ring (bicyclic) bond motifs is 1. The third-order valence-electron chi connectivity index (χ3n) is 4.44. The summed E-state index contributed by atoms with van der Waals surface area (Å²) < 4.78 is 33.1. The smallest absolute Gasteiger partial charge is 0.240 e. The van der Waals surface area contributed by atoms with E-state index in [4.69, 9.17) is 4.74 Å². The van der Waals surface area contributed by atoms with E-state index in [0.29, 0.717) is 17.0 Å². The largest absolute Gasteiger partial charge is 0.496 e. The number of para-hydroxylation sites is 1. The van der Waals surface area contributed by atoms with Gasteiger partial charge in [0.2, 0.25) is 15.9 Å². The first-order valence-corrected chi connectivity index (χ1v) is 9.31. The summed E-state index contributed by atoms with van der Waals surface area (Å²) in [4.78, 5) is 12.1. The monoisotopic (exact) mass is 360 g/mol. The molecule has 2 aromatic rings. The highest BCUT2D eigenvalue weighted by molar-refractivity contribution is 7.89. The zero-order chi connectivity index (χ0) is 18.2. The fourth-order valence-corrected chi connectivity index (χ4v) is 3.85. The number of nitrogens with one attached hydrogen (secondary N) is 2. The molecule has 0 unspecified atom stereocenters. The van der Waals surface area contributed by atoms with Crippen LogP contribution in [0.2, 0.25) is 0 Å². The SMILES string of the molecule is COc1ccccc1CNS(=O)(=O)c1ccc2c(c1)C(C)(C)C(=O)N2. The Kier molecular flexibility index (Phi) is 4.30. The Labute approximate surface area is 147 Å². The van der Waals surface area contributed by atoms with E-state index in [1.165, 1.54) is 6.07 Å². The fourth-order valence-electron chi connectivity index (χ4n) is 2.82. The van der Waals surface area contributed by atoms with Gasteiger partial charge >= 0.3 is 0 Å². The van der Waals surface area contributed by atoms with Gasteiger partial charge in [-0.3, -0.25) is 4.79 Å².